The van der Waals surface area contributed by atoms with Crippen molar-refractivity contribution in [3.05, 3.63) is 23.8 Å². The Balaban J connectivity index is 1.71. The van der Waals surface area contributed by atoms with E-state index in [4.69, 9.17) is 10.5 Å². The number of ether oxygens (including phenoxy) is 1. The van der Waals surface area contributed by atoms with E-state index in [0.717, 1.165) is 44.5 Å². The largest absolute Gasteiger partial charge is 0.466 e. The molecule has 4 nitrogen and oxygen atoms in total. The maximum Gasteiger partial charge on any atom is 0.305 e. The van der Waals surface area contributed by atoms with Crippen LogP contribution in [0.5, 0.6) is 0 Å². The lowest BCUT2D eigenvalue weighted by atomic mass is 10.1. The van der Waals surface area contributed by atoms with Crippen molar-refractivity contribution in [1.29, 1.82) is 0 Å². The Labute approximate surface area is 120 Å². The molecule has 0 aromatic heterocycles. The zero-order valence-corrected chi connectivity index (χ0v) is 12.2. The lowest BCUT2D eigenvalue weighted by Crippen LogP contribution is -2.22. The van der Waals surface area contributed by atoms with Gasteiger partial charge in [0.25, 0.3) is 0 Å². The van der Waals surface area contributed by atoms with Gasteiger partial charge in [0.15, 0.2) is 0 Å². The Kier molecular flexibility index (Phi) is 5.27. The van der Waals surface area contributed by atoms with Gasteiger partial charge in [0, 0.05) is 19.5 Å². The van der Waals surface area contributed by atoms with Crippen LogP contribution in [-0.2, 0) is 16.0 Å². The predicted octanol–water partition coefficient (Wildman–Crippen LogP) is 2.75. The molecule has 110 valence electrons. The summed E-state index contributed by atoms with van der Waals surface area (Å²) in [5.41, 5.74) is 9.52. The number of nitrogen functional groups attached to an aromatic ring is 1. The van der Waals surface area contributed by atoms with E-state index in [0.29, 0.717) is 13.0 Å². The van der Waals surface area contributed by atoms with Crippen molar-refractivity contribution in [3.8, 4) is 0 Å². The Hall–Kier alpha value is -1.71. The van der Waals surface area contributed by atoms with Crippen molar-refractivity contribution in [2.75, 3.05) is 30.3 Å². The number of benzene rings is 1. The summed E-state index contributed by atoms with van der Waals surface area (Å²) < 4.78 is 4.92. The van der Waals surface area contributed by atoms with Crippen LogP contribution in [0.4, 0.5) is 11.4 Å². The highest BCUT2D eigenvalue weighted by atomic mass is 16.5. The van der Waals surface area contributed by atoms with E-state index in [1.807, 2.05) is 19.1 Å². The summed E-state index contributed by atoms with van der Waals surface area (Å²) in [7, 11) is 0. The number of hydrogen-bond donors (Lipinski definition) is 1. The van der Waals surface area contributed by atoms with Gasteiger partial charge >= 0.3 is 5.97 Å². The van der Waals surface area contributed by atoms with Gasteiger partial charge in [-0.25, -0.2) is 0 Å². The second kappa shape index (κ2) is 7.17. The van der Waals surface area contributed by atoms with Crippen LogP contribution in [0, 0.1) is 0 Å². The fourth-order valence-electron chi connectivity index (χ4n) is 2.77. The van der Waals surface area contributed by atoms with Gasteiger partial charge in [-0.15, -0.1) is 0 Å². The third-order valence-corrected chi connectivity index (χ3v) is 3.73. The summed E-state index contributed by atoms with van der Waals surface area (Å²) in [6.07, 6.45) is 4.67. The summed E-state index contributed by atoms with van der Waals surface area (Å²) in [5.74, 6) is -0.0803. The molecule has 2 rings (SSSR count). The highest BCUT2D eigenvalue weighted by Crippen LogP contribution is 2.33. The second-order valence-corrected chi connectivity index (χ2v) is 5.21. The number of fused-ring (bicyclic) bond motifs is 1. The molecule has 0 atom stereocenters. The molecule has 2 N–H and O–H groups in total. The van der Waals surface area contributed by atoms with E-state index in [-0.39, 0.29) is 5.97 Å². The molecule has 1 aliphatic heterocycles. The molecule has 0 spiro atoms. The number of anilines is 2. The van der Waals surface area contributed by atoms with Gasteiger partial charge in [0.2, 0.25) is 0 Å². The van der Waals surface area contributed by atoms with E-state index in [2.05, 4.69) is 11.0 Å². The SMILES string of the molecule is CCOC(=O)CCCCCN1CCc2cccc(N)c21. The molecule has 0 aliphatic carbocycles. The third-order valence-electron chi connectivity index (χ3n) is 3.73. The number of nitrogens with zero attached hydrogens (tertiary/aromatic N) is 1. The van der Waals surface area contributed by atoms with E-state index in [9.17, 15) is 4.79 Å². The molecule has 0 radical (unpaired) electrons. The van der Waals surface area contributed by atoms with Crippen LogP contribution < -0.4 is 10.6 Å². The van der Waals surface area contributed by atoms with Crippen molar-refractivity contribution < 1.29 is 9.53 Å². The average Bonchev–Trinajstić information content (AvgIpc) is 2.83. The predicted molar refractivity (Wildman–Crippen MR) is 81.9 cm³/mol. The number of nitrogens with two attached hydrogens (primary N) is 1. The molecule has 0 saturated carbocycles. The minimum Gasteiger partial charge on any atom is -0.466 e. The van der Waals surface area contributed by atoms with Gasteiger partial charge in [-0.2, -0.15) is 0 Å². The van der Waals surface area contributed by atoms with Crippen LogP contribution >= 0.6 is 0 Å². The number of esters is 1. The summed E-state index contributed by atoms with van der Waals surface area (Å²) in [6.45, 7) is 4.39. The molecule has 1 heterocycles. The molecule has 1 aliphatic rings. The van der Waals surface area contributed by atoms with Crippen molar-refractivity contribution in [1.82, 2.24) is 0 Å². The number of hydrogen-bond acceptors (Lipinski definition) is 4. The van der Waals surface area contributed by atoms with Crippen molar-refractivity contribution >= 4 is 17.3 Å². The minimum absolute atomic E-state index is 0.0803. The highest BCUT2D eigenvalue weighted by Gasteiger charge is 2.20. The lowest BCUT2D eigenvalue weighted by molar-refractivity contribution is -0.143. The Morgan fingerprint density at radius 3 is 3.00 bits per heavy atom. The fourth-order valence-corrected chi connectivity index (χ4v) is 2.77. The number of carbonyl (C=O) groups excluding carboxylic acids is 1. The van der Waals surface area contributed by atoms with Gasteiger partial charge in [-0.1, -0.05) is 18.6 Å². The summed E-state index contributed by atoms with van der Waals surface area (Å²) in [5, 5.41) is 0. The highest BCUT2D eigenvalue weighted by molar-refractivity contribution is 5.74. The summed E-state index contributed by atoms with van der Waals surface area (Å²) in [4.78, 5) is 13.6. The topological polar surface area (TPSA) is 55.6 Å². The van der Waals surface area contributed by atoms with Crippen molar-refractivity contribution in [2.45, 2.75) is 39.0 Å². The average molecular weight is 276 g/mol. The maximum absolute atomic E-state index is 11.2. The molecule has 20 heavy (non-hydrogen) atoms. The van der Waals surface area contributed by atoms with Crippen LogP contribution in [-0.4, -0.2) is 25.7 Å². The number of carbonyl (C=O) groups is 1. The smallest absolute Gasteiger partial charge is 0.305 e. The first-order valence-electron chi connectivity index (χ1n) is 7.50. The van der Waals surface area contributed by atoms with E-state index < -0.39 is 0 Å². The molecule has 1 aromatic rings. The molecular weight excluding hydrogens is 252 g/mol. The summed E-state index contributed by atoms with van der Waals surface area (Å²) >= 11 is 0. The van der Waals surface area contributed by atoms with Crippen molar-refractivity contribution in [2.24, 2.45) is 0 Å². The maximum atomic E-state index is 11.2. The molecule has 4 heteroatoms. The van der Waals surface area contributed by atoms with Gasteiger partial charge in [-0.05, 0) is 37.8 Å². The first-order chi connectivity index (χ1) is 9.72. The fraction of sp³-hybridized carbons (Fsp3) is 0.562. The Morgan fingerprint density at radius 1 is 1.35 bits per heavy atom. The van der Waals surface area contributed by atoms with Crippen LogP contribution in [0.25, 0.3) is 0 Å². The Bertz CT molecular complexity index is 460. The number of rotatable bonds is 7. The third kappa shape index (κ3) is 3.65. The molecule has 0 bridgehead atoms. The van der Waals surface area contributed by atoms with E-state index in [1.54, 1.807) is 0 Å². The van der Waals surface area contributed by atoms with E-state index in [1.165, 1.54) is 11.3 Å². The van der Waals surface area contributed by atoms with Gasteiger partial charge in [0.05, 0.1) is 18.0 Å². The quantitative estimate of drug-likeness (QED) is 0.472. The second-order valence-electron chi connectivity index (χ2n) is 5.21. The molecule has 0 amide bonds. The van der Waals surface area contributed by atoms with Crippen LogP contribution in [0.15, 0.2) is 18.2 Å². The van der Waals surface area contributed by atoms with Gasteiger partial charge in [0.1, 0.15) is 0 Å². The molecule has 0 saturated heterocycles. The van der Waals surface area contributed by atoms with Crippen LogP contribution in [0.1, 0.15) is 38.2 Å². The Morgan fingerprint density at radius 2 is 2.20 bits per heavy atom. The molecule has 0 fully saturated rings. The number of unbranched alkanes of at least 4 members (excludes halogenated alkanes) is 2. The van der Waals surface area contributed by atoms with Gasteiger partial charge in [-0.3, -0.25) is 4.79 Å². The zero-order valence-electron chi connectivity index (χ0n) is 12.2. The monoisotopic (exact) mass is 276 g/mol. The lowest BCUT2D eigenvalue weighted by Gasteiger charge is -2.20. The van der Waals surface area contributed by atoms with E-state index >= 15 is 0 Å². The first-order valence-corrected chi connectivity index (χ1v) is 7.50. The van der Waals surface area contributed by atoms with Gasteiger partial charge < -0.3 is 15.4 Å². The number of para-hydroxylation sites is 1. The van der Waals surface area contributed by atoms with Crippen LogP contribution in [0.2, 0.25) is 0 Å². The molecule has 0 unspecified atom stereocenters. The standard InChI is InChI=1S/C16H24N2O2/c1-2-20-15(19)9-4-3-5-11-18-12-10-13-7-6-8-14(17)16(13)18/h6-8H,2-5,9-12,17H2,1H3. The minimum atomic E-state index is -0.0803. The molecule has 1 aromatic carbocycles. The normalized spacial score (nSPS) is 13.3. The first kappa shape index (κ1) is 14.7. The van der Waals surface area contributed by atoms with Crippen LogP contribution in [0.3, 0.4) is 0 Å². The zero-order chi connectivity index (χ0) is 14.4. The molecular formula is C16H24N2O2. The van der Waals surface area contributed by atoms with Crippen molar-refractivity contribution in [3.63, 3.8) is 0 Å². The summed E-state index contributed by atoms with van der Waals surface area (Å²) in [6, 6.07) is 6.15.